The van der Waals surface area contributed by atoms with Gasteiger partial charge in [0.25, 0.3) is 5.91 Å². The quantitative estimate of drug-likeness (QED) is 0.0322. The molecule has 0 aliphatic rings. The van der Waals surface area contributed by atoms with Crippen LogP contribution in [-0.4, -0.2) is 57.3 Å². The minimum Gasteiger partial charge on any atom is -0.495 e. The predicted octanol–water partition coefficient (Wildman–Crippen LogP) is 13.4. The number of nitriles is 1. The summed E-state index contributed by atoms with van der Waals surface area (Å²) in [4.78, 5) is 50.0. The fourth-order valence-corrected chi connectivity index (χ4v) is 8.66. The van der Waals surface area contributed by atoms with Crippen molar-refractivity contribution in [3.63, 3.8) is 0 Å². The molecule has 10 N–H and O–H groups in total. The number of rotatable bonds is 10. The van der Waals surface area contributed by atoms with Gasteiger partial charge in [-0.15, -0.1) is 34.0 Å². The van der Waals surface area contributed by atoms with Crippen molar-refractivity contribution in [3.05, 3.63) is 193 Å². The number of benzene rings is 6. The first-order valence-electron chi connectivity index (χ1n) is 21.4. The van der Waals surface area contributed by atoms with E-state index in [4.69, 9.17) is 72.6 Å². The van der Waals surface area contributed by atoms with E-state index in [0.29, 0.717) is 81.7 Å². The Morgan fingerprint density at radius 3 is 1.61 bits per heavy atom. The average Bonchev–Trinajstić information content (AvgIpc) is 4.20. The van der Waals surface area contributed by atoms with Crippen LogP contribution >= 0.6 is 73.1 Å². The molecular formula is C53H43BrCl2N10O6S3. The number of hydrogen-bond acceptors (Lipinski definition) is 16. The Bertz CT molecular complexity index is 3500. The van der Waals surface area contributed by atoms with Gasteiger partial charge in [0.1, 0.15) is 11.5 Å². The number of nitrogens with zero attached hydrogens (tertiary/aromatic N) is 5. The molecule has 22 heteroatoms. The van der Waals surface area contributed by atoms with Gasteiger partial charge in [-0.3, -0.25) is 9.59 Å². The van der Waals surface area contributed by atoms with E-state index in [-0.39, 0.29) is 17.3 Å². The van der Waals surface area contributed by atoms with Crippen LogP contribution < -0.4 is 37.7 Å². The number of thiazole rings is 3. The number of carbonyl (C=O) groups is 3. The van der Waals surface area contributed by atoms with E-state index in [9.17, 15) is 14.4 Å². The molecule has 9 aromatic rings. The molecule has 0 unspecified atom stereocenters. The second-order valence-electron chi connectivity index (χ2n) is 14.8. The number of nitrogens with one attached hydrogen (secondary N) is 1. The third-order valence-corrected chi connectivity index (χ3v) is 12.8. The lowest BCUT2D eigenvalue weighted by atomic mass is 10.1. The van der Waals surface area contributed by atoms with Crippen molar-refractivity contribution in [2.45, 2.75) is 0 Å². The van der Waals surface area contributed by atoms with Gasteiger partial charge < -0.3 is 42.8 Å². The molecule has 0 fully saturated rings. The molecule has 1 amide bonds. The molecule has 16 nitrogen and oxygen atoms in total. The van der Waals surface area contributed by atoms with Crippen molar-refractivity contribution in [1.29, 1.82) is 5.26 Å². The van der Waals surface area contributed by atoms with Crippen LogP contribution in [0.1, 0.15) is 36.6 Å². The second kappa shape index (κ2) is 28.8. The van der Waals surface area contributed by atoms with Crippen LogP contribution in [0.15, 0.2) is 150 Å². The fourth-order valence-electron chi connectivity index (χ4n) is 6.10. The number of Topliss-reactive ketones (excluding diaryl/α,β-unsaturated/α-hetero) is 1. The molecule has 6 aromatic carbocycles. The van der Waals surface area contributed by atoms with E-state index in [1.54, 1.807) is 128 Å². The number of carboxylic acids is 1. The van der Waals surface area contributed by atoms with Gasteiger partial charge in [0.2, 0.25) is 0 Å². The lowest BCUT2D eigenvalue weighted by molar-refractivity contribution is 0.0696. The zero-order valence-corrected chi connectivity index (χ0v) is 45.1. The Hall–Kier alpha value is -8.34. The van der Waals surface area contributed by atoms with Crippen LogP contribution in [0, 0.1) is 17.9 Å². The Labute approximate surface area is 461 Å². The zero-order chi connectivity index (χ0) is 54.4. The van der Waals surface area contributed by atoms with E-state index in [2.05, 4.69) is 47.1 Å². The molecule has 0 saturated carbocycles. The smallest absolute Gasteiger partial charge is 0.335 e. The number of aromatic nitrogens is 3. The van der Waals surface area contributed by atoms with E-state index in [1.165, 1.54) is 41.1 Å². The van der Waals surface area contributed by atoms with E-state index in [0.717, 1.165) is 28.1 Å². The van der Waals surface area contributed by atoms with Crippen LogP contribution in [0.5, 0.6) is 11.5 Å². The highest BCUT2D eigenvalue weighted by molar-refractivity contribution is 9.09. The first-order valence-corrected chi connectivity index (χ1v) is 25.9. The number of anilines is 5. The molecule has 0 spiro atoms. The van der Waals surface area contributed by atoms with Gasteiger partial charge in [-0.1, -0.05) is 93.7 Å². The highest BCUT2D eigenvalue weighted by atomic mass is 79.9. The number of amides is 1. The molecule has 0 saturated heterocycles. The highest BCUT2D eigenvalue weighted by Gasteiger charge is 2.12. The fraction of sp³-hybridized carbons (Fsp3) is 0.0566. The second-order valence-corrected chi connectivity index (χ2v) is 18.8. The van der Waals surface area contributed by atoms with Gasteiger partial charge in [0.05, 0.1) is 70.4 Å². The van der Waals surface area contributed by atoms with Crippen molar-refractivity contribution in [2.24, 2.45) is 0 Å². The SMILES string of the molecule is COc1ccc(N)cc1Cl.COc1ccc(NC(=O)c2cccc(-c3csc(N)n3)c2)cc1Cl.N#Cc1cccc(-c2csc(N)n2)c1.Nc1nc(-c2cccc(C(=O)O)c2)cs1.[C-]#[N+]c1cccc(C(=O)CBr)c1. The Morgan fingerprint density at radius 1 is 0.667 bits per heavy atom. The lowest BCUT2D eigenvalue weighted by Gasteiger charge is -2.08. The first-order chi connectivity index (χ1) is 36.0. The summed E-state index contributed by atoms with van der Waals surface area (Å²) in [5.41, 5.74) is 30.7. The molecule has 3 aromatic heterocycles. The third-order valence-electron chi connectivity index (χ3n) is 9.68. The summed E-state index contributed by atoms with van der Waals surface area (Å²) in [5.74, 6) is 0.0236. The zero-order valence-electron chi connectivity index (χ0n) is 39.5. The van der Waals surface area contributed by atoms with Gasteiger partial charge in [0, 0.05) is 55.3 Å². The third kappa shape index (κ3) is 17.7. The van der Waals surface area contributed by atoms with Crippen molar-refractivity contribution in [3.8, 4) is 51.3 Å². The molecule has 0 radical (unpaired) electrons. The summed E-state index contributed by atoms with van der Waals surface area (Å²) in [6.45, 7) is 6.74. The minimum absolute atomic E-state index is 0.000463. The minimum atomic E-state index is -0.944. The number of alkyl halides is 1. The maximum atomic E-state index is 12.4. The maximum absolute atomic E-state index is 12.4. The Morgan fingerprint density at radius 2 is 1.15 bits per heavy atom. The van der Waals surface area contributed by atoms with E-state index >= 15 is 0 Å². The number of ether oxygens (including phenoxy) is 2. The van der Waals surface area contributed by atoms with Gasteiger partial charge in [-0.05, 0) is 78.9 Å². The molecule has 3 heterocycles. The molecule has 75 heavy (non-hydrogen) atoms. The molecule has 0 aliphatic heterocycles. The molecule has 0 atom stereocenters. The summed E-state index contributed by atoms with van der Waals surface area (Å²) >= 11 is 19.0. The number of hydrogen-bond donors (Lipinski definition) is 6. The number of nitrogen functional groups attached to an aromatic ring is 4. The van der Waals surface area contributed by atoms with Crippen LogP contribution in [0.25, 0.3) is 38.6 Å². The standard InChI is InChI=1S/C17H14ClN3O2S.C10H7N3S.C10H8N2O2S.C9H6BrNO.C7H8ClNO/c1-23-15-6-5-12(8-13(15)18)20-16(22)11-4-2-3-10(7-11)14-9-24-17(19)21-14;11-5-7-2-1-3-8(4-7)9-6-14-10(12)13-9;11-10-12-8(5-15-10)6-2-1-3-7(4-6)9(13)14;1-11-8-4-2-3-7(5-8)9(12)6-10;1-10-7-3-2-5(9)4-6(7)8/h2-9H,1H3,(H2,19,21)(H,20,22);1-4,6H,(H2,12,13);1-5H,(H2,11,12)(H,13,14);2-5H,6H2;2-4H,9H2,1H3. The average molecular weight is 1160 g/mol. The van der Waals surface area contributed by atoms with Crippen LogP contribution in [0.2, 0.25) is 10.0 Å². The largest absolute Gasteiger partial charge is 0.495 e. The normalized spacial score (nSPS) is 9.85. The van der Waals surface area contributed by atoms with Crippen molar-refractivity contribution >= 4 is 123 Å². The maximum Gasteiger partial charge on any atom is 0.335 e. The molecule has 9 rings (SSSR count). The Balaban J connectivity index is 0.000000180. The van der Waals surface area contributed by atoms with Gasteiger partial charge >= 0.3 is 5.97 Å². The predicted molar refractivity (Wildman–Crippen MR) is 307 cm³/mol. The summed E-state index contributed by atoms with van der Waals surface area (Å²) in [7, 11) is 3.10. The van der Waals surface area contributed by atoms with Crippen molar-refractivity contribution in [1.82, 2.24) is 15.0 Å². The first kappa shape index (κ1) is 57.6. The van der Waals surface area contributed by atoms with Crippen LogP contribution in [-0.2, 0) is 0 Å². The van der Waals surface area contributed by atoms with Gasteiger partial charge in [0.15, 0.2) is 26.9 Å². The number of ketones is 1. The van der Waals surface area contributed by atoms with Gasteiger partial charge in [-0.25, -0.2) is 24.6 Å². The molecule has 380 valence electrons. The van der Waals surface area contributed by atoms with Crippen LogP contribution in [0.4, 0.5) is 32.5 Å². The topological polar surface area (TPSA) is 273 Å². The summed E-state index contributed by atoms with van der Waals surface area (Å²) < 4.78 is 10.0. The van der Waals surface area contributed by atoms with Crippen molar-refractivity contribution in [2.75, 3.05) is 47.8 Å². The van der Waals surface area contributed by atoms with Crippen molar-refractivity contribution < 1.29 is 29.0 Å². The number of aromatic carboxylic acids is 1. The highest BCUT2D eigenvalue weighted by Crippen LogP contribution is 2.30. The lowest BCUT2D eigenvalue weighted by Crippen LogP contribution is -2.11. The van der Waals surface area contributed by atoms with Crippen LogP contribution in [0.3, 0.4) is 0 Å². The van der Waals surface area contributed by atoms with E-state index in [1.807, 2.05) is 29.0 Å². The number of nitrogens with two attached hydrogens (primary N) is 4. The molecule has 0 aliphatic carbocycles. The van der Waals surface area contributed by atoms with E-state index < -0.39 is 5.97 Å². The van der Waals surface area contributed by atoms with Gasteiger partial charge in [-0.2, -0.15) is 5.26 Å². The number of methoxy groups -OCH3 is 2. The summed E-state index contributed by atoms with van der Waals surface area (Å²) in [6.07, 6.45) is 0. The monoisotopic (exact) mass is 1160 g/mol. The molecule has 0 bridgehead atoms. The number of carboxylic acid groups (broad SMARTS) is 1. The Kier molecular flexibility index (Phi) is 22.1. The summed E-state index contributed by atoms with van der Waals surface area (Å²) in [6, 6.07) is 40.1. The number of carbonyl (C=O) groups excluding carboxylic acids is 2. The molecular weight excluding hydrogens is 1120 g/mol. The number of halogens is 3. The summed E-state index contributed by atoms with van der Waals surface area (Å²) in [5, 5.41) is 28.7.